The summed E-state index contributed by atoms with van der Waals surface area (Å²) in [5.74, 6) is -0.0460. The molecule has 1 rings (SSSR count). The summed E-state index contributed by atoms with van der Waals surface area (Å²) in [5, 5.41) is 2.72. The fraction of sp³-hybridized carbons (Fsp3) is 0.500. The number of methoxy groups -OCH3 is 2. The number of ether oxygens (including phenoxy) is 2. The van der Waals surface area contributed by atoms with E-state index in [1.807, 2.05) is 26.8 Å². The van der Waals surface area contributed by atoms with Crippen molar-refractivity contribution in [3.63, 3.8) is 0 Å². The first kappa shape index (κ1) is 17.0. The molecule has 0 radical (unpaired) electrons. The largest absolute Gasteiger partial charge is 0.496 e. The quantitative estimate of drug-likeness (QED) is 0.818. The van der Waals surface area contributed by atoms with E-state index in [0.29, 0.717) is 17.7 Å². The maximum atomic E-state index is 12.4. The molecule has 1 atom stereocenters. The van der Waals surface area contributed by atoms with E-state index in [9.17, 15) is 9.59 Å². The molecule has 5 heteroatoms. The van der Waals surface area contributed by atoms with Gasteiger partial charge in [0.1, 0.15) is 11.8 Å². The van der Waals surface area contributed by atoms with Crippen LogP contribution in [0.15, 0.2) is 18.2 Å². The van der Waals surface area contributed by atoms with Gasteiger partial charge in [0, 0.05) is 0 Å². The molecule has 0 fully saturated rings. The van der Waals surface area contributed by atoms with Crippen molar-refractivity contribution in [3.05, 3.63) is 29.3 Å². The molecule has 21 heavy (non-hydrogen) atoms. The van der Waals surface area contributed by atoms with Gasteiger partial charge in [-0.25, -0.2) is 4.79 Å². The lowest BCUT2D eigenvalue weighted by Crippen LogP contribution is -2.42. The minimum Gasteiger partial charge on any atom is -0.496 e. The van der Waals surface area contributed by atoms with E-state index in [-0.39, 0.29) is 11.8 Å². The number of amides is 1. The molecule has 0 heterocycles. The van der Waals surface area contributed by atoms with Crippen LogP contribution in [0.1, 0.15) is 36.2 Å². The number of benzene rings is 1. The highest BCUT2D eigenvalue weighted by molar-refractivity contribution is 5.99. The topological polar surface area (TPSA) is 64.6 Å². The molecular weight excluding hydrogens is 270 g/mol. The molecule has 1 unspecified atom stereocenters. The lowest BCUT2D eigenvalue weighted by molar-refractivity contribution is -0.143. The second kappa shape index (κ2) is 7.67. The Balaban J connectivity index is 2.96. The van der Waals surface area contributed by atoms with Crippen LogP contribution in [-0.2, 0) is 9.53 Å². The molecule has 0 saturated heterocycles. The molecule has 0 aliphatic carbocycles. The summed E-state index contributed by atoms with van der Waals surface area (Å²) in [7, 11) is 2.82. The van der Waals surface area contributed by atoms with Gasteiger partial charge in [0.2, 0.25) is 0 Å². The minimum absolute atomic E-state index is 0.258. The highest BCUT2D eigenvalue weighted by Crippen LogP contribution is 2.20. The van der Waals surface area contributed by atoms with E-state index in [2.05, 4.69) is 5.32 Å². The van der Waals surface area contributed by atoms with Crippen LogP contribution in [0.25, 0.3) is 0 Å². The summed E-state index contributed by atoms with van der Waals surface area (Å²) < 4.78 is 9.94. The highest BCUT2D eigenvalue weighted by atomic mass is 16.5. The molecule has 0 aromatic heterocycles. The molecule has 1 aromatic carbocycles. The van der Waals surface area contributed by atoms with Gasteiger partial charge in [-0.15, -0.1) is 0 Å². The number of rotatable bonds is 6. The Morgan fingerprint density at radius 3 is 2.43 bits per heavy atom. The zero-order valence-electron chi connectivity index (χ0n) is 13.2. The lowest BCUT2D eigenvalue weighted by Gasteiger charge is -2.19. The van der Waals surface area contributed by atoms with Crippen LogP contribution in [0.5, 0.6) is 5.75 Å². The van der Waals surface area contributed by atoms with Crippen molar-refractivity contribution < 1.29 is 19.1 Å². The molecule has 116 valence electrons. The van der Waals surface area contributed by atoms with E-state index < -0.39 is 12.0 Å². The zero-order valence-corrected chi connectivity index (χ0v) is 13.2. The van der Waals surface area contributed by atoms with Gasteiger partial charge in [-0.1, -0.05) is 25.5 Å². The van der Waals surface area contributed by atoms with E-state index in [1.54, 1.807) is 12.1 Å². The Morgan fingerprint density at radius 1 is 1.24 bits per heavy atom. The van der Waals surface area contributed by atoms with Crippen molar-refractivity contribution in [2.24, 2.45) is 5.92 Å². The van der Waals surface area contributed by atoms with Crippen molar-refractivity contribution in [2.45, 2.75) is 33.2 Å². The molecule has 1 N–H and O–H groups in total. The molecule has 0 bridgehead atoms. The maximum absolute atomic E-state index is 12.4. The van der Waals surface area contributed by atoms with Crippen LogP contribution >= 0.6 is 0 Å². The van der Waals surface area contributed by atoms with E-state index in [1.165, 1.54) is 14.2 Å². The Labute approximate surface area is 125 Å². The van der Waals surface area contributed by atoms with Gasteiger partial charge in [-0.2, -0.15) is 0 Å². The SMILES string of the molecule is COC(=O)C(CC(C)C)NC(=O)c1cc(C)ccc1OC. The van der Waals surface area contributed by atoms with Crippen LogP contribution in [0, 0.1) is 12.8 Å². The molecule has 0 aliphatic heterocycles. The van der Waals surface area contributed by atoms with E-state index in [0.717, 1.165) is 5.56 Å². The molecule has 1 amide bonds. The third kappa shape index (κ3) is 4.77. The first-order valence-corrected chi connectivity index (χ1v) is 6.92. The summed E-state index contributed by atoms with van der Waals surface area (Å²) in [6.45, 7) is 5.85. The van der Waals surface area contributed by atoms with Gasteiger partial charge in [0.25, 0.3) is 5.91 Å². The number of esters is 1. The first-order chi connectivity index (χ1) is 9.88. The van der Waals surface area contributed by atoms with Gasteiger partial charge < -0.3 is 14.8 Å². The van der Waals surface area contributed by atoms with E-state index >= 15 is 0 Å². The van der Waals surface area contributed by atoms with Crippen molar-refractivity contribution in [2.75, 3.05) is 14.2 Å². The van der Waals surface area contributed by atoms with Crippen molar-refractivity contribution >= 4 is 11.9 Å². The van der Waals surface area contributed by atoms with Crippen LogP contribution in [0.4, 0.5) is 0 Å². The minimum atomic E-state index is -0.660. The molecule has 0 spiro atoms. The fourth-order valence-corrected chi connectivity index (χ4v) is 2.06. The Morgan fingerprint density at radius 2 is 1.90 bits per heavy atom. The summed E-state index contributed by atoms with van der Waals surface area (Å²) in [4.78, 5) is 24.2. The Kier molecular flexibility index (Phi) is 6.21. The average Bonchev–Trinajstić information content (AvgIpc) is 2.45. The van der Waals surface area contributed by atoms with E-state index in [4.69, 9.17) is 9.47 Å². The summed E-state index contributed by atoms with van der Waals surface area (Å²) in [6.07, 6.45) is 0.520. The zero-order chi connectivity index (χ0) is 16.0. The standard InChI is InChI=1S/C16H23NO4/c1-10(2)8-13(16(19)21-5)17-15(18)12-9-11(3)6-7-14(12)20-4/h6-7,9-10,13H,8H2,1-5H3,(H,17,18). The second-order valence-corrected chi connectivity index (χ2v) is 5.38. The molecule has 1 aromatic rings. The van der Waals surface area contributed by atoms with Gasteiger partial charge in [-0.3, -0.25) is 4.79 Å². The molecular formula is C16H23NO4. The number of hydrogen-bond acceptors (Lipinski definition) is 4. The Hall–Kier alpha value is -2.04. The predicted octanol–water partition coefficient (Wildman–Crippen LogP) is 2.32. The number of carbonyl (C=O) groups excluding carboxylic acids is 2. The average molecular weight is 293 g/mol. The highest BCUT2D eigenvalue weighted by Gasteiger charge is 2.24. The Bertz CT molecular complexity index is 511. The number of nitrogens with one attached hydrogen (secondary N) is 1. The number of hydrogen-bond donors (Lipinski definition) is 1. The molecule has 0 aliphatic rings. The van der Waals surface area contributed by atoms with Gasteiger partial charge in [0.05, 0.1) is 19.8 Å². The third-order valence-corrected chi connectivity index (χ3v) is 3.10. The smallest absolute Gasteiger partial charge is 0.328 e. The molecule has 5 nitrogen and oxygen atoms in total. The predicted molar refractivity (Wildman–Crippen MR) is 80.5 cm³/mol. The van der Waals surface area contributed by atoms with Gasteiger partial charge in [0.15, 0.2) is 0 Å². The van der Waals surface area contributed by atoms with Crippen LogP contribution in [0.2, 0.25) is 0 Å². The van der Waals surface area contributed by atoms with Gasteiger partial charge >= 0.3 is 5.97 Å². The first-order valence-electron chi connectivity index (χ1n) is 6.92. The third-order valence-electron chi connectivity index (χ3n) is 3.10. The van der Waals surface area contributed by atoms with Crippen LogP contribution in [-0.4, -0.2) is 32.1 Å². The second-order valence-electron chi connectivity index (χ2n) is 5.38. The van der Waals surface area contributed by atoms with Crippen molar-refractivity contribution in [1.29, 1.82) is 0 Å². The van der Waals surface area contributed by atoms with Crippen LogP contribution < -0.4 is 10.1 Å². The number of aryl methyl sites for hydroxylation is 1. The van der Waals surface area contributed by atoms with Crippen molar-refractivity contribution in [1.82, 2.24) is 5.32 Å². The number of carbonyl (C=O) groups is 2. The summed E-state index contributed by atoms with van der Waals surface area (Å²) in [5.41, 5.74) is 1.36. The van der Waals surface area contributed by atoms with Crippen molar-refractivity contribution in [3.8, 4) is 5.75 Å². The molecule has 0 saturated carbocycles. The van der Waals surface area contributed by atoms with Crippen LogP contribution in [0.3, 0.4) is 0 Å². The summed E-state index contributed by atoms with van der Waals surface area (Å²) in [6, 6.07) is 4.67. The maximum Gasteiger partial charge on any atom is 0.328 e. The lowest BCUT2D eigenvalue weighted by atomic mass is 10.0. The summed E-state index contributed by atoms with van der Waals surface area (Å²) >= 11 is 0. The monoisotopic (exact) mass is 293 g/mol. The fourth-order valence-electron chi connectivity index (χ4n) is 2.06. The normalized spacial score (nSPS) is 11.9. The van der Waals surface area contributed by atoms with Gasteiger partial charge in [-0.05, 0) is 31.4 Å².